The average Bonchev–Trinajstić information content (AvgIpc) is 3.23. The normalized spacial score (nSPS) is 13.2. The number of aryl methyl sites for hydroxylation is 1. The maximum Gasteiger partial charge on any atom is 0.338 e. The van der Waals surface area contributed by atoms with Gasteiger partial charge in [-0.05, 0) is 85.8 Å². The lowest BCUT2D eigenvalue weighted by Crippen LogP contribution is -2.29. The molecule has 0 bridgehead atoms. The molecule has 1 unspecified atom stereocenters. The first-order valence-electron chi connectivity index (χ1n) is 12.7. The van der Waals surface area contributed by atoms with Gasteiger partial charge >= 0.3 is 5.97 Å². The standard InChI is InChI=1S/C32H23Cl2NO5S/c1-19-2-11-24(12-3-19)41-25-13-9-23(10-14-25)35-30(37)26-15-6-21(18-27(26)31(35)38)32(39)40-28(16-17-33)29(36)20-4-7-22(34)8-5-20/h2-15,18,28H,16-17H2,1H3. The Balaban J connectivity index is 1.31. The number of halogens is 2. The van der Waals surface area contributed by atoms with Crippen LogP contribution in [0.15, 0.2) is 101 Å². The Morgan fingerprint density at radius 1 is 0.805 bits per heavy atom. The zero-order valence-electron chi connectivity index (χ0n) is 21.8. The molecule has 0 saturated carbocycles. The van der Waals surface area contributed by atoms with E-state index in [1.165, 1.54) is 23.8 Å². The van der Waals surface area contributed by atoms with E-state index in [2.05, 4.69) is 0 Å². The van der Waals surface area contributed by atoms with E-state index in [1.807, 2.05) is 43.3 Å². The number of esters is 1. The molecule has 4 aromatic rings. The van der Waals surface area contributed by atoms with Gasteiger partial charge in [-0.25, -0.2) is 9.69 Å². The van der Waals surface area contributed by atoms with Crippen LogP contribution in [0, 0.1) is 6.92 Å². The molecule has 5 rings (SSSR count). The molecule has 1 atom stereocenters. The second kappa shape index (κ2) is 12.3. The molecule has 0 radical (unpaired) electrons. The molecular weight excluding hydrogens is 581 g/mol. The summed E-state index contributed by atoms with van der Waals surface area (Å²) in [5.74, 6) is -2.17. The summed E-state index contributed by atoms with van der Waals surface area (Å²) in [5, 5.41) is 0.468. The van der Waals surface area contributed by atoms with Crippen LogP contribution in [0.25, 0.3) is 0 Å². The van der Waals surface area contributed by atoms with Gasteiger partial charge in [-0.2, -0.15) is 0 Å². The zero-order valence-corrected chi connectivity index (χ0v) is 24.1. The minimum atomic E-state index is -1.13. The van der Waals surface area contributed by atoms with Crippen molar-refractivity contribution in [2.75, 3.05) is 10.8 Å². The first kappa shape index (κ1) is 28.6. The summed E-state index contributed by atoms with van der Waals surface area (Å²) in [6, 6.07) is 25.6. The van der Waals surface area contributed by atoms with Crippen LogP contribution in [-0.2, 0) is 4.74 Å². The molecular formula is C32H23Cl2NO5S. The number of carbonyl (C=O) groups excluding carboxylic acids is 4. The molecule has 0 N–H and O–H groups in total. The maximum absolute atomic E-state index is 13.3. The average molecular weight is 605 g/mol. The lowest BCUT2D eigenvalue weighted by molar-refractivity contribution is 0.0278. The number of fused-ring (bicyclic) bond motifs is 1. The second-order valence-corrected chi connectivity index (χ2v) is 11.3. The molecule has 0 saturated heterocycles. The number of alkyl halides is 1. The number of ether oxygens (including phenoxy) is 1. The first-order valence-corrected chi connectivity index (χ1v) is 14.4. The van der Waals surface area contributed by atoms with Gasteiger partial charge in [0.05, 0.1) is 22.4 Å². The van der Waals surface area contributed by atoms with Gasteiger partial charge in [0.2, 0.25) is 5.78 Å². The summed E-state index contributed by atoms with van der Waals surface area (Å²) in [7, 11) is 0. The van der Waals surface area contributed by atoms with Gasteiger partial charge in [-0.1, -0.05) is 41.1 Å². The number of benzene rings is 4. The molecule has 9 heteroatoms. The predicted octanol–water partition coefficient (Wildman–Crippen LogP) is 7.64. The minimum absolute atomic E-state index is 0.0417. The highest BCUT2D eigenvalue weighted by atomic mass is 35.5. The van der Waals surface area contributed by atoms with Crippen LogP contribution in [0.5, 0.6) is 0 Å². The van der Waals surface area contributed by atoms with Gasteiger partial charge in [-0.15, -0.1) is 11.6 Å². The predicted molar refractivity (Wildman–Crippen MR) is 160 cm³/mol. The van der Waals surface area contributed by atoms with Crippen molar-refractivity contribution in [3.8, 4) is 0 Å². The number of ketones is 1. The third-order valence-electron chi connectivity index (χ3n) is 6.52. The van der Waals surface area contributed by atoms with Gasteiger partial charge < -0.3 is 4.74 Å². The number of amides is 2. The molecule has 41 heavy (non-hydrogen) atoms. The Morgan fingerprint density at radius 2 is 1.39 bits per heavy atom. The smallest absolute Gasteiger partial charge is 0.338 e. The van der Waals surface area contributed by atoms with Crippen molar-refractivity contribution in [3.05, 3.63) is 124 Å². The van der Waals surface area contributed by atoms with E-state index in [0.717, 1.165) is 14.7 Å². The van der Waals surface area contributed by atoms with E-state index in [9.17, 15) is 19.2 Å². The summed E-state index contributed by atoms with van der Waals surface area (Å²) >= 11 is 13.4. The van der Waals surface area contributed by atoms with Crippen molar-refractivity contribution in [1.82, 2.24) is 0 Å². The number of imide groups is 1. The zero-order chi connectivity index (χ0) is 29.1. The topological polar surface area (TPSA) is 80.8 Å². The highest BCUT2D eigenvalue weighted by Gasteiger charge is 2.37. The summed E-state index contributed by atoms with van der Waals surface area (Å²) in [6.07, 6.45) is -1.03. The molecule has 1 aliphatic rings. The quantitative estimate of drug-likeness (QED) is 0.0846. The fourth-order valence-corrected chi connectivity index (χ4v) is 5.49. The summed E-state index contributed by atoms with van der Waals surface area (Å²) in [5.41, 5.74) is 2.23. The number of Topliss-reactive ketones (excluding diaryl/α,β-unsaturated/α-hetero) is 1. The van der Waals surface area contributed by atoms with Gasteiger partial charge in [0.25, 0.3) is 11.8 Å². The Bertz CT molecular complexity index is 1640. The van der Waals surface area contributed by atoms with Crippen molar-refractivity contribution in [2.45, 2.75) is 29.2 Å². The van der Waals surface area contributed by atoms with Crippen LogP contribution in [0.1, 0.15) is 53.4 Å². The minimum Gasteiger partial charge on any atom is -0.450 e. The molecule has 0 aromatic heterocycles. The number of carbonyl (C=O) groups is 4. The highest BCUT2D eigenvalue weighted by molar-refractivity contribution is 7.99. The molecule has 0 aliphatic carbocycles. The van der Waals surface area contributed by atoms with Crippen LogP contribution >= 0.6 is 35.0 Å². The van der Waals surface area contributed by atoms with E-state index < -0.39 is 29.7 Å². The fourth-order valence-electron chi connectivity index (χ4n) is 4.35. The van der Waals surface area contributed by atoms with Crippen LogP contribution in [0.4, 0.5) is 5.69 Å². The van der Waals surface area contributed by atoms with E-state index in [1.54, 1.807) is 48.2 Å². The van der Waals surface area contributed by atoms with Gasteiger partial charge in [0.1, 0.15) is 0 Å². The summed E-state index contributed by atoms with van der Waals surface area (Å²) < 4.78 is 5.51. The van der Waals surface area contributed by atoms with Crippen LogP contribution < -0.4 is 4.90 Å². The van der Waals surface area contributed by atoms with Crippen LogP contribution in [-0.4, -0.2) is 35.6 Å². The van der Waals surface area contributed by atoms with Crippen LogP contribution in [0.3, 0.4) is 0 Å². The van der Waals surface area contributed by atoms with Gasteiger partial charge in [-0.3, -0.25) is 14.4 Å². The van der Waals surface area contributed by atoms with Crippen molar-refractivity contribution >= 4 is 64.2 Å². The van der Waals surface area contributed by atoms with E-state index in [-0.39, 0.29) is 29.0 Å². The van der Waals surface area contributed by atoms with Crippen molar-refractivity contribution in [1.29, 1.82) is 0 Å². The Kier molecular flexibility index (Phi) is 8.59. The Labute approximate surface area is 251 Å². The first-order chi connectivity index (χ1) is 19.7. The fraction of sp³-hybridized carbons (Fsp3) is 0.125. The third-order valence-corrected chi connectivity index (χ3v) is 8.00. The molecule has 1 heterocycles. The van der Waals surface area contributed by atoms with Crippen LogP contribution in [0.2, 0.25) is 5.02 Å². The van der Waals surface area contributed by atoms with E-state index >= 15 is 0 Å². The van der Waals surface area contributed by atoms with Crippen molar-refractivity contribution < 1.29 is 23.9 Å². The molecule has 0 spiro atoms. The summed E-state index contributed by atoms with van der Waals surface area (Å²) in [6.45, 7) is 2.03. The molecule has 0 fully saturated rings. The van der Waals surface area contributed by atoms with E-state index in [0.29, 0.717) is 16.3 Å². The second-order valence-electron chi connectivity index (χ2n) is 9.36. The molecule has 6 nitrogen and oxygen atoms in total. The lowest BCUT2D eigenvalue weighted by atomic mass is 10.0. The number of nitrogens with zero attached hydrogens (tertiary/aromatic N) is 1. The van der Waals surface area contributed by atoms with Crippen molar-refractivity contribution in [3.63, 3.8) is 0 Å². The molecule has 206 valence electrons. The Morgan fingerprint density at radius 3 is 2.02 bits per heavy atom. The monoisotopic (exact) mass is 603 g/mol. The number of hydrogen-bond acceptors (Lipinski definition) is 6. The number of rotatable bonds is 9. The summed E-state index contributed by atoms with van der Waals surface area (Å²) in [4.78, 5) is 55.5. The highest BCUT2D eigenvalue weighted by Crippen LogP contribution is 2.33. The number of anilines is 1. The largest absolute Gasteiger partial charge is 0.450 e. The molecule has 4 aromatic carbocycles. The molecule has 2 amide bonds. The SMILES string of the molecule is Cc1ccc(Sc2ccc(N3C(=O)c4ccc(C(=O)OC(CCCl)C(=O)c5ccc(Cl)cc5)cc4C3=O)cc2)cc1. The number of hydrogen-bond donors (Lipinski definition) is 0. The third kappa shape index (κ3) is 6.22. The van der Waals surface area contributed by atoms with Crippen molar-refractivity contribution in [2.24, 2.45) is 0 Å². The van der Waals surface area contributed by atoms with E-state index in [4.69, 9.17) is 27.9 Å². The van der Waals surface area contributed by atoms with Gasteiger partial charge in [0, 0.05) is 32.7 Å². The molecule has 1 aliphatic heterocycles. The van der Waals surface area contributed by atoms with Gasteiger partial charge in [0.15, 0.2) is 6.10 Å². The lowest BCUT2D eigenvalue weighted by Gasteiger charge is -2.16. The Hall–Kier alpha value is -3.91. The maximum atomic E-state index is 13.3.